The molecule has 1 aromatic heterocycles. The van der Waals surface area contributed by atoms with Gasteiger partial charge in [-0.3, -0.25) is 0 Å². The van der Waals surface area contributed by atoms with Crippen LogP contribution in [0.25, 0.3) is 16.6 Å². The summed E-state index contributed by atoms with van der Waals surface area (Å²) in [6, 6.07) is 25.8. The SMILES string of the molecule is COCCOc1ccccc1-n1c(Cc2ccccc2C)c(N2CCNCC2)c2ccccc21. The van der Waals surface area contributed by atoms with Crippen LogP contribution >= 0.6 is 0 Å². The molecule has 5 nitrogen and oxygen atoms in total. The largest absolute Gasteiger partial charge is 0.489 e. The summed E-state index contributed by atoms with van der Waals surface area (Å²) in [6.45, 7) is 7.28. The smallest absolute Gasteiger partial charge is 0.143 e. The number of fused-ring (bicyclic) bond motifs is 1. The average molecular weight is 456 g/mol. The predicted octanol–water partition coefficient (Wildman–Crippen LogP) is 4.96. The first-order valence-electron chi connectivity index (χ1n) is 12.1. The molecule has 5 heteroatoms. The molecule has 176 valence electrons. The Morgan fingerprint density at radius 3 is 2.41 bits per heavy atom. The van der Waals surface area contributed by atoms with Gasteiger partial charge in [-0.1, -0.05) is 54.6 Å². The van der Waals surface area contributed by atoms with E-state index in [0.717, 1.165) is 44.0 Å². The lowest BCUT2D eigenvalue weighted by atomic mass is 10.0. The molecule has 1 saturated heterocycles. The Labute approximate surface area is 201 Å². The van der Waals surface area contributed by atoms with E-state index in [9.17, 15) is 0 Å². The maximum Gasteiger partial charge on any atom is 0.143 e. The Kier molecular flexibility index (Phi) is 6.84. The lowest BCUT2D eigenvalue weighted by Crippen LogP contribution is -2.43. The van der Waals surface area contributed by atoms with E-state index < -0.39 is 0 Å². The highest BCUT2D eigenvalue weighted by Gasteiger charge is 2.25. The van der Waals surface area contributed by atoms with Gasteiger partial charge < -0.3 is 24.3 Å². The number of aryl methyl sites for hydroxylation is 1. The summed E-state index contributed by atoms with van der Waals surface area (Å²) < 4.78 is 13.8. The van der Waals surface area contributed by atoms with E-state index in [1.807, 2.05) is 6.07 Å². The molecule has 0 radical (unpaired) electrons. The fourth-order valence-electron chi connectivity index (χ4n) is 4.94. The van der Waals surface area contributed by atoms with E-state index in [2.05, 4.69) is 88.4 Å². The average Bonchev–Trinajstić information content (AvgIpc) is 3.20. The van der Waals surface area contributed by atoms with Gasteiger partial charge in [-0.05, 0) is 36.2 Å². The monoisotopic (exact) mass is 455 g/mol. The minimum absolute atomic E-state index is 0.518. The molecule has 0 unspecified atom stereocenters. The third-order valence-corrected chi connectivity index (χ3v) is 6.65. The van der Waals surface area contributed by atoms with Crippen LogP contribution in [0.4, 0.5) is 5.69 Å². The van der Waals surface area contributed by atoms with Crippen molar-refractivity contribution >= 4 is 16.6 Å². The Balaban J connectivity index is 1.74. The molecule has 1 fully saturated rings. The van der Waals surface area contributed by atoms with Gasteiger partial charge in [-0.25, -0.2) is 0 Å². The first-order chi connectivity index (χ1) is 16.8. The number of nitrogens with one attached hydrogen (secondary N) is 1. The topological polar surface area (TPSA) is 38.7 Å². The molecule has 1 N–H and O–H groups in total. The summed E-state index contributed by atoms with van der Waals surface area (Å²) in [4.78, 5) is 2.55. The second-order valence-corrected chi connectivity index (χ2v) is 8.80. The van der Waals surface area contributed by atoms with Crippen LogP contribution in [-0.2, 0) is 11.2 Å². The molecule has 2 heterocycles. The number of hydrogen-bond acceptors (Lipinski definition) is 4. The number of nitrogens with zero attached hydrogens (tertiary/aromatic N) is 2. The molecule has 3 aromatic carbocycles. The summed E-state index contributed by atoms with van der Waals surface area (Å²) in [5.74, 6) is 0.873. The lowest BCUT2D eigenvalue weighted by molar-refractivity contribution is 0.146. The summed E-state index contributed by atoms with van der Waals surface area (Å²) in [5, 5.41) is 4.80. The molecule has 34 heavy (non-hydrogen) atoms. The van der Waals surface area contributed by atoms with Crippen LogP contribution in [0, 0.1) is 6.92 Å². The van der Waals surface area contributed by atoms with Crippen molar-refractivity contribution in [3.8, 4) is 11.4 Å². The third-order valence-electron chi connectivity index (χ3n) is 6.65. The summed E-state index contributed by atoms with van der Waals surface area (Å²) >= 11 is 0. The fourth-order valence-corrected chi connectivity index (χ4v) is 4.94. The van der Waals surface area contributed by atoms with Gasteiger partial charge in [0.15, 0.2) is 0 Å². The number of piperazine rings is 1. The Morgan fingerprint density at radius 2 is 1.59 bits per heavy atom. The molecule has 4 aromatic rings. The highest BCUT2D eigenvalue weighted by molar-refractivity contribution is 5.97. The fraction of sp³-hybridized carbons (Fsp3) is 0.310. The standard InChI is InChI=1S/C29H33N3O2/c1-22-9-3-4-10-23(22)21-27-29(31-17-15-30-16-18-31)24-11-5-6-12-25(24)32(27)26-13-7-8-14-28(26)34-20-19-33-2/h3-14,30H,15-21H2,1-2H3. The zero-order valence-electron chi connectivity index (χ0n) is 20.1. The molecule has 5 rings (SSSR count). The van der Waals surface area contributed by atoms with Crippen molar-refractivity contribution in [1.82, 2.24) is 9.88 Å². The number of benzene rings is 3. The van der Waals surface area contributed by atoms with Gasteiger partial charge in [0.05, 0.1) is 29.2 Å². The maximum absolute atomic E-state index is 6.20. The van der Waals surface area contributed by atoms with Crippen molar-refractivity contribution in [2.24, 2.45) is 0 Å². The number of methoxy groups -OCH3 is 1. The van der Waals surface area contributed by atoms with E-state index in [1.165, 1.54) is 33.4 Å². The number of ether oxygens (including phenoxy) is 2. The molecule has 1 aliphatic heterocycles. The van der Waals surface area contributed by atoms with E-state index in [1.54, 1.807) is 7.11 Å². The second-order valence-electron chi connectivity index (χ2n) is 8.80. The highest BCUT2D eigenvalue weighted by Crippen LogP contribution is 2.40. The van der Waals surface area contributed by atoms with Crippen molar-refractivity contribution in [3.05, 3.63) is 89.6 Å². The molecule has 0 amide bonds. The van der Waals surface area contributed by atoms with Gasteiger partial charge in [0.1, 0.15) is 12.4 Å². The first kappa shape index (κ1) is 22.5. The van der Waals surface area contributed by atoms with Crippen molar-refractivity contribution in [2.75, 3.05) is 51.4 Å². The molecule has 0 bridgehead atoms. The normalized spacial score (nSPS) is 14.0. The molecule has 0 atom stereocenters. The van der Waals surface area contributed by atoms with Gasteiger partial charge in [-0.15, -0.1) is 0 Å². The summed E-state index contributed by atoms with van der Waals surface area (Å²) in [5.41, 5.74) is 7.59. The molecule has 1 aliphatic rings. The molecular weight excluding hydrogens is 422 g/mol. The Hall–Kier alpha value is -3.28. The third kappa shape index (κ3) is 4.41. The maximum atomic E-state index is 6.20. The second kappa shape index (κ2) is 10.3. The van der Waals surface area contributed by atoms with Crippen LogP contribution in [-0.4, -0.2) is 51.1 Å². The van der Waals surface area contributed by atoms with Gasteiger partial charge in [0.2, 0.25) is 0 Å². The number of para-hydroxylation sites is 3. The molecule has 0 saturated carbocycles. The van der Waals surface area contributed by atoms with E-state index >= 15 is 0 Å². The van der Waals surface area contributed by atoms with E-state index in [0.29, 0.717) is 13.2 Å². The molecular formula is C29H33N3O2. The minimum atomic E-state index is 0.518. The van der Waals surface area contributed by atoms with Gasteiger partial charge in [-0.2, -0.15) is 0 Å². The van der Waals surface area contributed by atoms with E-state index in [-0.39, 0.29) is 0 Å². The first-order valence-corrected chi connectivity index (χ1v) is 12.1. The molecule has 0 spiro atoms. The lowest BCUT2D eigenvalue weighted by Gasteiger charge is -2.30. The van der Waals surface area contributed by atoms with Gasteiger partial charge in [0.25, 0.3) is 0 Å². The van der Waals surface area contributed by atoms with E-state index in [4.69, 9.17) is 9.47 Å². The van der Waals surface area contributed by atoms with Gasteiger partial charge in [0, 0.05) is 45.1 Å². The van der Waals surface area contributed by atoms with Crippen LogP contribution in [0.3, 0.4) is 0 Å². The van der Waals surface area contributed by atoms with Crippen molar-refractivity contribution in [1.29, 1.82) is 0 Å². The molecule has 0 aliphatic carbocycles. The Morgan fingerprint density at radius 1 is 0.853 bits per heavy atom. The van der Waals surface area contributed by atoms with Crippen molar-refractivity contribution < 1.29 is 9.47 Å². The predicted molar refractivity (Wildman–Crippen MR) is 140 cm³/mol. The zero-order valence-corrected chi connectivity index (χ0v) is 20.1. The zero-order chi connectivity index (χ0) is 23.3. The van der Waals surface area contributed by atoms with Crippen LogP contribution in [0.2, 0.25) is 0 Å². The quantitative estimate of drug-likeness (QED) is 0.381. The van der Waals surface area contributed by atoms with Crippen molar-refractivity contribution in [3.63, 3.8) is 0 Å². The summed E-state index contributed by atoms with van der Waals surface area (Å²) in [6.07, 6.45) is 0.854. The number of anilines is 1. The van der Waals surface area contributed by atoms with Crippen LogP contribution in [0.1, 0.15) is 16.8 Å². The van der Waals surface area contributed by atoms with Crippen LogP contribution in [0.15, 0.2) is 72.8 Å². The van der Waals surface area contributed by atoms with Gasteiger partial charge >= 0.3 is 0 Å². The van der Waals surface area contributed by atoms with Crippen LogP contribution < -0.4 is 15.0 Å². The summed E-state index contributed by atoms with van der Waals surface area (Å²) in [7, 11) is 1.70. The number of rotatable bonds is 8. The highest BCUT2D eigenvalue weighted by atomic mass is 16.5. The number of aromatic nitrogens is 1. The Bertz CT molecular complexity index is 1260. The minimum Gasteiger partial charge on any atom is -0.489 e. The number of hydrogen-bond donors (Lipinski definition) is 1. The van der Waals surface area contributed by atoms with Crippen LogP contribution in [0.5, 0.6) is 5.75 Å². The van der Waals surface area contributed by atoms with Crippen molar-refractivity contribution in [2.45, 2.75) is 13.3 Å².